The summed E-state index contributed by atoms with van der Waals surface area (Å²) in [7, 11) is 0. The number of nitrogens with two attached hydrogens (primary N) is 2. The molecule has 1 aliphatic carbocycles. The molecule has 1 aromatic heterocycles. The van der Waals surface area contributed by atoms with Gasteiger partial charge >= 0.3 is 0 Å². The van der Waals surface area contributed by atoms with Crippen molar-refractivity contribution in [2.24, 2.45) is 16.5 Å². The van der Waals surface area contributed by atoms with Crippen molar-refractivity contribution < 1.29 is 9.26 Å². The van der Waals surface area contributed by atoms with E-state index in [1.807, 2.05) is 32.0 Å². The van der Waals surface area contributed by atoms with Crippen LogP contribution in [0.25, 0.3) is 22.8 Å². The summed E-state index contributed by atoms with van der Waals surface area (Å²) in [4.78, 5) is 8.89. The number of benzene rings is 2. The Morgan fingerprint density at radius 2 is 2.13 bits per heavy atom. The summed E-state index contributed by atoms with van der Waals surface area (Å²) in [5, 5.41) is 13.6. The summed E-state index contributed by atoms with van der Waals surface area (Å²) < 4.78 is 11.2. The van der Waals surface area contributed by atoms with Gasteiger partial charge in [-0.1, -0.05) is 23.4 Å². The minimum Gasteiger partial charge on any atom is -0.490 e. The summed E-state index contributed by atoms with van der Waals surface area (Å²) in [6, 6.07) is 13.3. The second-order valence-electron chi connectivity index (χ2n) is 7.39. The van der Waals surface area contributed by atoms with Gasteiger partial charge in [-0.3, -0.25) is 0 Å². The number of hydrogen-bond acceptors (Lipinski definition) is 6. The average Bonchev–Trinajstić information content (AvgIpc) is 3.35. The lowest BCUT2D eigenvalue weighted by atomic mass is 10.0. The maximum atomic E-state index is 9.45. The third-order valence-corrected chi connectivity index (χ3v) is 4.92. The fraction of sp³-hybridized carbons (Fsp3) is 0.273. The van der Waals surface area contributed by atoms with Crippen LogP contribution in [0.15, 0.2) is 45.9 Å². The summed E-state index contributed by atoms with van der Waals surface area (Å²) in [5.41, 5.74) is 15.3. The highest BCUT2D eigenvalue weighted by atomic mass is 16.5. The number of nitrogens with zero attached hydrogens (tertiary/aromatic N) is 4. The van der Waals surface area contributed by atoms with Gasteiger partial charge in [0.05, 0.1) is 17.7 Å². The van der Waals surface area contributed by atoms with Crippen molar-refractivity contribution in [3.63, 3.8) is 0 Å². The number of nitriles is 1. The maximum Gasteiger partial charge on any atom is 0.258 e. The molecule has 0 saturated heterocycles. The molecule has 8 nitrogen and oxygen atoms in total. The van der Waals surface area contributed by atoms with Gasteiger partial charge in [0.15, 0.2) is 5.96 Å². The Bertz CT molecular complexity index is 1150. The number of aromatic nitrogens is 2. The van der Waals surface area contributed by atoms with Crippen molar-refractivity contribution in [1.82, 2.24) is 10.1 Å². The molecule has 0 radical (unpaired) electrons. The molecule has 3 aromatic rings. The number of aliphatic imine (C=N–C) groups is 1. The van der Waals surface area contributed by atoms with Crippen molar-refractivity contribution in [3.05, 3.63) is 53.1 Å². The van der Waals surface area contributed by atoms with Crippen LogP contribution in [0.1, 0.15) is 43.0 Å². The molecule has 1 atom stereocenters. The van der Waals surface area contributed by atoms with Crippen LogP contribution in [-0.2, 0) is 6.42 Å². The lowest BCUT2D eigenvalue weighted by Gasteiger charge is -2.11. The van der Waals surface area contributed by atoms with Crippen LogP contribution in [0.3, 0.4) is 0 Å². The van der Waals surface area contributed by atoms with Crippen LogP contribution in [0.5, 0.6) is 5.75 Å². The van der Waals surface area contributed by atoms with E-state index < -0.39 is 0 Å². The van der Waals surface area contributed by atoms with E-state index in [0.29, 0.717) is 28.6 Å². The highest BCUT2D eigenvalue weighted by Gasteiger charge is 2.26. The van der Waals surface area contributed by atoms with E-state index in [0.717, 1.165) is 29.5 Å². The normalized spacial score (nSPS) is 14.9. The largest absolute Gasteiger partial charge is 0.490 e. The molecule has 30 heavy (non-hydrogen) atoms. The zero-order valence-corrected chi connectivity index (χ0v) is 16.8. The van der Waals surface area contributed by atoms with E-state index in [4.69, 9.17) is 20.7 Å². The van der Waals surface area contributed by atoms with E-state index in [9.17, 15) is 5.26 Å². The van der Waals surface area contributed by atoms with Crippen molar-refractivity contribution in [3.8, 4) is 34.7 Å². The predicted octanol–water partition coefficient (Wildman–Crippen LogP) is 3.32. The standard InChI is InChI=1S/C22H22N6O2/c1-12(2)29-19-9-6-13(10-14(19)11-23)21-27-20(28-30-21)17-5-3-4-16-15(17)7-8-18(16)26-22(24)25/h3-6,9-10,12,18H,7-8H2,1-2H3,(H4,24,25,26)/t18-/m0/s1. The highest BCUT2D eigenvalue weighted by molar-refractivity contribution is 5.76. The topological polar surface area (TPSA) is 136 Å². The van der Waals surface area contributed by atoms with Gasteiger partial charge in [-0.05, 0) is 56.0 Å². The van der Waals surface area contributed by atoms with Gasteiger partial charge in [0.25, 0.3) is 5.89 Å². The molecule has 152 valence electrons. The Kier molecular flexibility index (Phi) is 5.11. The molecule has 0 spiro atoms. The fourth-order valence-electron chi connectivity index (χ4n) is 3.71. The summed E-state index contributed by atoms with van der Waals surface area (Å²) in [6.45, 7) is 3.82. The van der Waals surface area contributed by atoms with Crippen LogP contribution in [-0.4, -0.2) is 22.2 Å². The van der Waals surface area contributed by atoms with Crippen molar-refractivity contribution >= 4 is 5.96 Å². The zero-order chi connectivity index (χ0) is 21.3. The molecular weight excluding hydrogens is 380 g/mol. The van der Waals surface area contributed by atoms with E-state index in [1.165, 1.54) is 0 Å². The molecule has 8 heteroatoms. The SMILES string of the molecule is CC(C)Oc1ccc(-c2nc(-c3cccc4c3CC[C@@H]4N=C(N)N)no2)cc1C#N. The first kappa shape index (κ1) is 19.5. The number of rotatable bonds is 5. The molecular formula is C22H22N6O2. The highest BCUT2D eigenvalue weighted by Crippen LogP contribution is 2.39. The van der Waals surface area contributed by atoms with Gasteiger partial charge in [0.2, 0.25) is 5.82 Å². The van der Waals surface area contributed by atoms with Crippen molar-refractivity contribution in [2.45, 2.75) is 38.8 Å². The first-order valence-electron chi connectivity index (χ1n) is 9.72. The molecule has 0 fully saturated rings. The molecule has 1 aliphatic rings. The molecule has 1 heterocycles. The third-order valence-electron chi connectivity index (χ3n) is 4.92. The first-order valence-corrected chi connectivity index (χ1v) is 9.72. The first-order chi connectivity index (χ1) is 14.5. The Morgan fingerprint density at radius 1 is 1.30 bits per heavy atom. The zero-order valence-electron chi connectivity index (χ0n) is 16.8. The van der Waals surface area contributed by atoms with E-state index >= 15 is 0 Å². The molecule has 0 unspecified atom stereocenters. The number of ether oxygens (including phenoxy) is 1. The molecule has 0 bridgehead atoms. The minimum atomic E-state index is -0.0528. The van der Waals surface area contributed by atoms with Gasteiger partial charge in [-0.2, -0.15) is 10.2 Å². The average molecular weight is 402 g/mol. The molecule has 0 amide bonds. The number of fused-ring (bicyclic) bond motifs is 1. The van der Waals surface area contributed by atoms with Crippen molar-refractivity contribution in [1.29, 1.82) is 5.26 Å². The van der Waals surface area contributed by atoms with Gasteiger partial charge < -0.3 is 20.7 Å². The van der Waals surface area contributed by atoms with Gasteiger partial charge in [-0.15, -0.1) is 0 Å². The summed E-state index contributed by atoms with van der Waals surface area (Å²) in [6.07, 6.45) is 1.63. The van der Waals surface area contributed by atoms with Gasteiger partial charge in [0, 0.05) is 11.1 Å². The molecule has 0 aliphatic heterocycles. The van der Waals surface area contributed by atoms with Crippen LogP contribution < -0.4 is 16.2 Å². The second kappa shape index (κ2) is 7.87. The van der Waals surface area contributed by atoms with E-state index in [-0.39, 0.29) is 18.1 Å². The van der Waals surface area contributed by atoms with Gasteiger partial charge in [0.1, 0.15) is 11.8 Å². The number of hydrogen-bond donors (Lipinski definition) is 2. The van der Waals surface area contributed by atoms with Crippen molar-refractivity contribution in [2.75, 3.05) is 0 Å². The third kappa shape index (κ3) is 3.70. The minimum absolute atomic E-state index is 0.0269. The lowest BCUT2D eigenvalue weighted by Crippen LogP contribution is -2.23. The Balaban J connectivity index is 1.67. The Morgan fingerprint density at radius 3 is 2.87 bits per heavy atom. The number of guanidine groups is 1. The Hall–Kier alpha value is -3.86. The lowest BCUT2D eigenvalue weighted by molar-refractivity contribution is 0.241. The molecule has 4 N–H and O–H groups in total. The molecule has 2 aromatic carbocycles. The van der Waals surface area contributed by atoms with Crippen LogP contribution in [0.4, 0.5) is 0 Å². The predicted molar refractivity (Wildman–Crippen MR) is 113 cm³/mol. The van der Waals surface area contributed by atoms with Crippen LogP contribution >= 0.6 is 0 Å². The molecule has 4 rings (SSSR count). The Labute approximate surface area is 174 Å². The second-order valence-corrected chi connectivity index (χ2v) is 7.39. The summed E-state index contributed by atoms with van der Waals surface area (Å²) in [5.74, 6) is 1.45. The fourth-order valence-corrected chi connectivity index (χ4v) is 3.71. The van der Waals surface area contributed by atoms with E-state index in [1.54, 1.807) is 18.2 Å². The molecule has 0 saturated carbocycles. The van der Waals surface area contributed by atoms with Crippen LogP contribution in [0.2, 0.25) is 0 Å². The quantitative estimate of drug-likeness (QED) is 0.493. The van der Waals surface area contributed by atoms with Crippen LogP contribution in [0, 0.1) is 11.3 Å². The van der Waals surface area contributed by atoms with E-state index in [2.05, 4.69) is 21.2 Å². The smallest absolute Gasteiger partial charge is 0.258 e. The monoisotopic (exact) mass is 402 g/mol. The maximum absolute atomic E-state index is 9.45. The van der Waals surface area contributed by atoms with Gasteiger partial charge in [-0.25, -0.2) is 4.99 Å². The summed E-state index contributed by atoms with van der Waals surface area (Å²) >= 11 is 0.